The molecule has 4 rings (SSSR count). The highest BCUT2D eigenvalue weighted by Crippen LogP contribution is 2.63. The maximum Gasteiger partial charge on any atom is 0.422 e. The quantitative estimate of drug-likeness (QED) is 0.779. The third-order valence-corrected chi connectivity index (χ3v) is 7.33. The first-order chi connectivity index (χ1) is 11.7. The molecule has 5 nitrogen and oxygen atoms in total. The number of rotatable bonds is 4. The molecule has 2 aromatic carbocycles. The van der Waals surface area contributed by atoms with Gasteiger partial charge in [-0.05, 0) is 49.2 Å². The van der Waals surface area contributed by atoms with Crippen LogP contribution in [0.2, 0.25) is 0 Å². The van der Waals surface area contributed by atoms with Gasteiger partial charge in [0.05, 0.1) is 7.11 Å². The Morgan fingerprint density at radius 3 is 2.46 bits per heavy atom. The first kappa shape index (κ1) is 15.6. The van der Waals surface area contributed by atoms with Crippen LogP contribution in [0.15, 0.2) is 54.6 Å². The summed E-state index contributed by atoms with van der Waals surface area (Å²) in [5.41, 5.74) is 0.948. The van der Waals surface area contributed by atoms with Crippen LogP contribution in [0.25, 0.3) is 0 Å². The third kappa shape index (κ3) is 2.58. The van der Waals surface area contributed by atoms with E-state index in [9.17, 15) is 4.57 Å². The number of anilines is 1. The van der Waals surface area contributed by atoms with E-state index in [4.69, 9.17) is 9.26 Å². The zero-order chi connectivity index (χ0) is 16.6. The molecule has 0 bridgehead atoms. The van der Waals surface area contributed by atoms with E-state index < -0.39 is 7.67 Å². The lowest BCUT2D eigenvalue weighted by atomic mass is 10.2. The fourth-order valence-electron chi connectivity index (χ4n) is 3.51. The van der Waals surface area contributed by atoms with Crippen molar-refractivity contribution in [3.05, 3.63) is 54.6 Å². The van der Waals surface area contributed by atoms with Crippen molar-refractivity contribution in [2.75, 3.05) is 24.9 Å². The highest BCUT2D eigenvalue weighted by atomic mass is 31.2. The zero-order valence-electron chi connectivity index (χ0n) is 13.7. The summed E-state index contributed by atoms with van der Waals surface area (Å²) in [7, 11) is -1.50. The predicted molar refractivity (Wildman–Crippen MR) is 94.7 cm³/mol. The molecule has 6 heteroatoms. The van der Waals surface area contributed by atoms with Crippen molar-refractivity contribution in [1.29, 1.82) is 0 Å². The lowest BCUT2D eigenvalue weighted by molar-refractivity contribution is 0.373. The molecule has 2 heterocycles. The Morgan fingerprint density at radius 1 is 1.04 bits per heavy atom. The molecule has 2 aliphatic heterocycles. The number of benzene rings is 2. The van der Waals surface area contributed by atoms with E-state index in [0.29, 0.717) is 11.8 Å². The molecule has 0 saturated carbocycles. The molecule has 0 spiro atoms. The largest absolute Gasteiger partial charge is 0.497 e. The van der Waals surface area contributed by atoms with Crippen molar-refractivity contribution >= 4 is 13.4 Å². The summed E-state index contributed by atoms with van der Waals surface area (Å²) >= 11 is 0. The van der Waals surface area contributed by atoms with Gasteiger partial charge in [0.15, 0.2) is 0 Å². The van der Waals surface area contributed by atoms with E-state index in [1.807, 2.05) is 59.3 Å². The second-order valence-electron chi connectivity index (χ2n) is 6.13. The number of ether oxygens (including phenoxy) is 1. The summed E-state index contributed by atoms with van der Waals surface area (Å²) in [6, 6.07) is 17.5. The fraction of sp³-hybridized carbons (Fsp3) is 0.333. The molecule has 2 aromatic rings. The molecular formula is C18H21N2O3P. The van der Waals surface area contributed by atoms with Crippen LogP contribution in [0.4, 0.5) is 5.69 Å². The van der Waals surface area contributed by atoms with Crippen LogP contribution in [0.1, 0.15) is 12.8 Å². The minimum absolute atomic E-state index is 0.300. The van der Waals surface area contributed by atoms with Gasteiger partial charge in [-0.2, -0.15) is 4.67 Å². The van der Waals surface area contributed by atoms with Gasteiger partial charge in [0.1, 0.15) is 11.5 Å². The standard InChI is InChI=1S/C18H21N2O3P/c1-22-17-9-11-18(12-10-17)23-24(21)19-13-5-8-16(19)14-20(24)15-6-3-2-4-7-15/h2-4,6-7,9-12,16H,5,8,13-14H2,1H3/t16-,24+/m0/s1. The van der Waals surface area contributed by atoms with Gasteiger partial charge in [-0.1, -0.05) is 18.2 Å². The fourth-order valence-corrected chi connectivity index (χ4v) is 6.20. The van der Waals surface area contributed by atoms with E-state index in [-0.39, 0.29) is 0 Å². The van der Waals surface area contributed by atoms with Crippen molar-refractivity contribution < 1.29 is 13.8 Å². The van der Waals surface area contributed by atoms with E-state index in [0.717, 1.165) is 37.4 Å². The number of para-hydroxylation sites is 1. The van der Waals surface area contributed by atoms with Gasteiger partial charge in [0.2, 0.25) is 0 Å². The summed E-state index contributed by atoms with van der Waals surface area (Å²) in [5, 5.41) is 0. The summed E-state index contributed by atoms with van der Waals surface area (Å²) in [4.78, 5) is 0. The van der Waals surface area contributed by atoms with Gasteiger partial charge in [-0.3, -0.25) is 4.67 Å². The normalized spacial score (nSPS) is 26.4. The molecule has 0 amide bonds. The summed E-state index contributed by atoms with van der Waals surface area (Å²) in [6.45, 7) is 1.57. The van der Waals surface area contributed by atoms with Crippen LogP contribution in [0, 0.1) is 0 Å². The van der Waals surface area contributed by atoms with E-state index in [1.54, 1.807) is 7.11 Å². The van der Waals surface area contributed by atoms with Gasteiger partial charge in [0, 0.05) is 24.8 Å². The van der Waals surface area contributed by atoms with Crippen LogP contribution < -0.4 is 13.9 Å². The predicted octanol–water partition coefficient (Wildman–Crippen LogP) is 4.17. The van der Waals surface area contributed by atoms with E-state index >= 15 is 0 Å². The Labute approximate surface area is 142 Å². The SMILES string of the molecule is COc1ccc(O[P@@]2(=O)N(c3ccccc3)C[C@@H]3CCCN32)cc1. The number of fused-ring (bicyclic) bond motifs is 1. The molecule has 0 aromatic heterocycles. The van der Waals surface area contributed by atoms with Crippen molar-refractivity contribution in [3.63, 3.8) is 0 Å². The van der Waals surface area contributed by atoms with Crippen molar-refractivity contribution in [2.45, 2.75) is 18.9 Å². The van der Waals surface area contributed by atoms with Gasteiger partial charge >= 0.3 is 7.67 Å². The topological polar surface area (TPSA) is 42.0 Å². The second-order valence-corrected chi connectivity index (χ2v) is 8.29. The monoisotopic (exact) mass is 344 g/mol. The maximum atomic E-state index is 13.9. The summed E-state index contributed by atoms with van der Waals surface area (Å²) in [5.74, 6) is 1.36. The number of hydrogen-bond acceptors (Lipinski definition) is 3. The van der Waals surface area contributed by atoms with Crippen molar-refractivity contribution in [3.8, 4) is 11.5 Å². The number of methoxy groups -OCH3 is 1. The van der Waals surface area contributed by atoms with Crippen LogP contribution in [0.3, 0.4) is 0 Å². The molecule has 0 radical (unpaired) electrons. The van der Waals surface area contributed by atoms with Gasteiger partial charge in [0.25, 0.3) is 0 Å². The molecule has 2 fully saturated rings. The smallest absolute Gasteiger partial charge is 0.422 e. The Hall–Kier alpha value is -1.97. The molecule has 2 atom stereocenters. The number of hydrogen-bond donors (Lipinski definition) is 0. The third-order valence-electron chi connectivity index (χ3n) is 4.70. The molecule has 2 saturated heterocycles. The first-order valence-corrected chi connectivity index (χ1v) is 9.77. The molecule has 0 aliphatic carbocycles. The molecule has 0 unspecified atom stereocenters. The Bertz CT molecular complexity index is 751. The Morgan fingerprint density at radius 2 is 1.75 bits per heavy atom. The minimum atomic E-state index is -3.13. The van der Waals surface area contributed by atoms with Gasteiger partial charge < -0.3 is 9.26 Å². The lowest BCUT2D eigenvalue weighted by Crippen LogP contribution is -2.23. The molecule has 0 N–H and O–H groups in total. The first-order valence-electron chi connectivity index (χ1n) is 8.24. The minimum Gasteiger partial charge on any atom is -0.497 e. The highest BCUT2D eigenvalue weighted by molar-refractivity contribution is 7.59. The number of nitrogens with zero attached hydrogens (tertiary/aromatic N) is 2. The van der Waals surface area contributed by atoms with Crippen LogP contribution >= 0.6 is 7.67 Å². The highest BCUT2D eigenvalue weighted by Gasteiger charge is 2.53. The average Bonchev–Trinajstić information content (AvgIpc) is 3.19. The van der Waals surface area contributed by atoms with Crippen LogP contribution in [0.5, 0.6) is 11.5 Å². The molecular weight excluding hydrogens is 323 g/mol. The summed E-state index contributed by atoms with van der Waals surface area (Å²) < 4.78 is 29.2. The second kappa shape index (κ2) is 6.15. The van der Waals surface area contributed by atoms with Crippen LogP contribution in [-0.4, -0.2) is 30.9 Å². The van der Waals surface area contributed by atoms with Crippen molar-refractivity contribution in [1.82, 2.24) is 4.67 Å². The van der Waals surface area contributed by atoms with E-state index in [1.165, 1.54) is 0 Å². The average molecular weight is 344 g/mol. The maximum absolute atomic E-state index is 13.9. The molecule has 126 valence electrons. The molecule has 2 aliphatic rings. The summed E-state index contributed by atoms with van der Waals surface area (Å²) in [6.07, 6.45) is 2.14. The Kier molecular flexibility index (Phi) is 3.99. The van der Waals surface area contributed by atoms with E-state index in [2.05, 4.69) is 4.67 Å². The van der Waals surface area contributed by atoms with Gasteiger partial charge in [-0.25, -0.2) is 4.57 Å². The zero-order valence-corrected chi connectivity index (χ0v) is 14.6. The molecule has 24 heavy (non-hydrogen) atoms. The van der Waals surface area contributed by atoms with Crippen LogP contribution in [-0.2, 0) is 4.57 Å². The Balaban J connectivity index is 1.68. The van der Waals surface area contributed by atoms with Gasteiger partial charge in [-0.15, -0.1) is 0 Å². The van der Waals surface area contributed by atoms with Crippen molar-refractivity contribution in [2.24, 2.45) is 0 Å². The lowest BCUT2D eigenvalue weighted by Gasteiger charge is -2.30.